The number of hydrogen-bond donors (Lipinski definition) is 1. The highest BCUT2D eigenvalue weighted by Gasteiger charge is 2.32. The third-order valence-electron chi connectivity index (χ3n) is 5.51. The second-order valence-electron chi connectivity index (χ2n) is 6.83. The predicted molar refractivity (Wildman–Crippen MR) is 82.6 cm³/mol. The first-order valence-electron chi connectivity index (χ1n) is 7.91. The summed E-state index contributed by atoms with van der Waals surface area (Å²) in [4.78, 5) is 0. The Morgan fingerprint density at radius 3 is 2.74 bits per heavy atom. The summed E-state index contributed by atoms with van der Waals surface area (Å²) in [5, 5.41) is 3.35. The SMILES string of the molecule is CCC1(C)CCC([C@H](C)C2=CNC(C)=C=CC2)CC1. The lowest BCUT2D eigenvalue weighted by Crippen LogP contribution is -2.27. The molecule has 106 valence electrons. The van der Waals surface area contributed by atoms with Crippen molar-refractivity contribution in [1.29, 1.82) is 0 Å². The van der Waals surface area contributed by atoms with Gasteiger partial charge in [0.15, 0.2) is 0 Å². The molecule has 1 fully saturated rings. The zero-order chi connectivity index (χ0) is 13.9. The van der Waals surface area contributed by atoms with Gasteiger partial charge >= 0.3 is 0 Å². The molecule has 0 aromatic carbocycles. The summed E-state index contributed by atoms with van der Waals surface area (Å²) in [5.41, 5.74) is 6.58. The average Bonchev–Trinajstić information content (AvgIpc) is 2.64. The second-order valence-corrected chi connectivity index (χ2v) is 6.83. The molecule has 0 spiro atoms. The van der Waals surface area contributed by atoms with E-state index in [1.807, 2.05) is 0 Å². The Kier molecular flexibility index (Phi) is 4.58. The van der Waals surface area contributed by atoms with Crippen LogP contribution in [0, 0.1) is 17.3 Å². The van der Waals surface area contributed by atoms with Crippen molar-refractivity contribution in [2.75, 3.05) is 0 Å². The van der Waals surface area contributed by atoms with Crippen LogP contribution >= 0.6 is 0 Å². The molecule has 0 aromatic rings. The highest BCUT2D eigenvalue weighted by molar-refractivity contribution is 5.17. The first kappa shape index (κ1) is 14.5. The predicted octanol–water partition coefficient (Wildman–Crippen LogP) is 5.17. The minimum atomic E-state index is 0.615. The van der Waals surface area contributed by atoms with E-state index in [0.29, 0.717) is 11.3 Å². The molecule has 1 heterocycles. The highest BCUT2D eigenvalue weighted by atomic mass is 14.8. The molecule has 1 heteroatoms. The minimum absolute atomic E-state index is 0.615. The van der Waals surface area contributed by atoms with Crippen LogP contribution in [0.4, 0.5) is 0 Å². The van der Waals surface area contributed by atoms with Crippen molar-refractivity contribution in [3.63, 3.8) is 0 Å². The molecule has 1 aliphatic heterocycles. The third kappa shape index (κ3) is 3.54. The van der Waals surface area contributed by atoms with Crippen molar-refractivity contribution in [3.8, 4) is 0 Å². The monoisotopic (exact) mass is 259 g/mol. The molecule has 0 bridgehead atoms. The average molecular weight is 259 g/mol. The molecule has 1 N–H and O–H groups in total. The van der Waals surface area contributed by atoms with E-state index in [9.17, 15) is 0 Å². The molecule has 0 radical (unpaired) electrons. The van der Waals surface area contributed by atoms with Gasteiger partial charge < -0.3 is 5.32 Å². The molecule has 0 amide bonds. The summed E-state index contributed by atoms with van der Waals surface area (Å²) in [6.45, 7) is 9.31. The van der Waals surface area contributed by atoms with Crippen LogP contribution in [0.5, 0.6) is 0 Å². The molecule has 1 atom stereocenters. The molecule has 1 nitrogen and oxygen atoms in total. The maximum absolute atomic E-state index is 3.35. The molecule has 1 saturated carbocycles. The Morgan fingerprint density at radius 2 is 2.11 bits per heavy atom. The van der Waals surface area contributed by atoms with Gasteiger partial charge in [0.2, 0.25) is 0 Å². The van der Waals surface area contributed by atoms with E-state index in [1.54, 1.807) is 5.57 Å². The number of rotatable bonds is 3. The van der Waals surface area contributed by atoms with Gasteiger partial charge in [-0.15, -0.1) is 5.73 Å². The lowest BCUT2D eigenvalue weighted by atomic mass is 9.66. The Bertz CT molecular complexity index is 401. The molecule has 19 heavy (non-hydrogen) atoms. The normalized spacial score (nSPS) is 32.9. The van der Waals surface area contributed by atoms with Crippen molar-refractivity contribution in [2.24, 2.45) is 17.3 Å². The summed E-state index contributed by atoms with van der Waals surface area (Å²) in [5.74, 6) is 1.58. The first-order chi connectivity index (χ1) is 9.04. The van der Waals surface area contributed by atoms with Gasteiger partial charge in [0.05, 0.1) is 5.70 Å². The fourth-order valence-electron chi connectivity index (χ4n) is 3.43. The van der Waals surface area contributed by atoms with Gasteiger partial charge in [-0.1, -0.05) is 27.2 Å². The standard InChI is InChI=1S/C18H29N/c1-5-18(4)11-9-16(10-12-18)15(3)17-8-6-7-14(2)19-13-17/h6,13,15-16,19H,5,8-12H2,1-4H3/t15-,16?,18?/m0/s1. The van der Waals surface area contributed by atoms with Gasteiger partial charge in [-0.25, -0.2) is 0 Å². The molecule has 0 aromatic heterocycles. The topological polar surface area (TPSA) is 12.0 Å². The lowest BCUT2D eigenvalue weighted by molar-refractivity contribution is 0.142. The van der Waals surface area contributed by atoms with E-state index in [0.717, 1.165) is 18.0 Å². The van der Waals surface area contributed by atoms with Gasteiger partial charge in [0.1, 0.15) is 0 Å². The fourth-order valence-corrected chi connectivity index (χ4v) is 3.43. The van der Waals surface area contributed by atoms with Crippen molar-refractivity contribution in [3.05, 3.63) is 29.3 Å². The van der Waals surface area contributed by atoms with Gasteiger partial charge in [-0.3, -0.25) is 0 Å². The summed E-state index contributed by atoms with van der Waals surface area (Å²) in [6.07, 6.45) is 12.4. The number of hydrogen-bond acceptors (Lipinski definition) is 1. The van der Waals surface area contributed by atoms with E-state index >= 15 is 0 Å². The van der Waals surface area contributed by atoms with Crippen LogP contribution in [-0.4, -0.2) is 0 Å². The van der Waals surface area contributed by atoms with Gasteiger partial charge in [0, 0.05) is 6.20 Å². The van der Waals surface area contributed by atoms with Gasteiger partial charge in [0.25, 0.3) is 0 Å². The third-order valence-corrected chi connectivity index (χ3v) is 5.51. The maximum Gasteiger partial charge on any atom is 0.0542 e. The van der Waals surface area contributed by atoms with Crippen LogP contribution in [0.25, 0.3) is 0 Å². The number of nitrogens with one attached hydrogen (secondary N) is 1. The molecule has 2 rings (SSSR count). The zero-order valence-electron chi connectivity index (χ0n) is 13.1. The quantitative estimate of drug-likeness (QED) is 0.690. The largest absolute Gasteiger partial charge is 0.359 e. The zero-order valence-corrected chi connectivity index (χ0v) is 13.1. The first-order valence-corrected chi connectivity index (χ1v) is 7.91. The summed E-state index contributed by atoms with van der Waals surface area (Å²) in [6, 6.07) is 0. The summed E-state index contributed by atoms with van der Waals surface area (Å²) < 4.78 is 0. The molecule has 0 unspecified atom stereocenters. The number of allylic oxidation sites excluding steroid dienone is 2. The smallest absolute Gasteiger partial charge is 0.0542 e. The van der Waals surface area contributed by atoms with Gasteiger partial charge in [-0.05, 0) is 67.9 Å². The van der Waals surface area contributed by atoms with Crippen LogP contribution in [0.2, 0.25) is 0 Å². The van der Waals surface area contributed by atoms with Crippen LogP contribution in [-0.2, 0) is 0 Å². The van der Waals surface area contributed by atoms with Crippen LogP contribution in [0.1, 0.15) is 66.2 Å². The Labute approximate surface area is 118 Å². The van der Waals surface area contributed by atoms with E-state index in [-0.39, 0.29) is 0 Å². The minimum Gasteiger partial charge on any atom is -0.359 e. The van der Waals surface area contributed by atoms with Crippen molar-refractivity contribution in [1.82, 2.24) is 5.32 Å². The summed E-state index contributed by atoms with van der Waals surface area (Å²) in [7, 11) is 0. The molecular formula is C18H29N. The van der Waals surface area contributed by atoms with Gasteiger partial charge in [-0.2, -0.15) is 0 Å². The van der Waals surface area contributed by atoms with E-state index < -0.39 is 0 Å². The fraction of sp³-hybridized carbons (Fsp3) is 0.722. The van der Waals surface area contributed by atoms with Crippen molar-refractivity contribution in [2.45, 2.75) is 66.2 Å². The highest BCUT2D eigenvalue weighted by Crippen LogP contribution is 2.44. The molecular weight excluding hydrogens is 230 g/mol. The van der Waals surface area contributed by atoms with Crippen molar-refractivity contribution >= 4 is 0 Å². The van der Waals surface area contributed by atoms with E-state index in [4.69, 9.17) is 0 Å². The lowest BCUT2D eigenvalue weighted by Gasteiger charge is -2.39. The molecule has 0 saturated heterocycles. The Morgan fingerprint density at radius 1 is 1.42 bits per heavy atom. The van der Waals surface area contributed by atoms with Crippen LogP contribution in [0.3, 0.4) is 0 Å². The summed E-state index contributed by atoms with van der Waals surface area (Å²) >= 11 is 0. The molecule has 1 aliphatic carbocycles. The van der Waals surface area contributed by atoms with Crippen LogP contribution in [0.15, 0.2) is 29.3 Å². The Hall–Kier alpha value is -0.940. The Balaban J connectivity index is 1.95. The van der Waals surface area contributed by atoms with E-state index in [2.05, 4.69) is 51.0 Å². The second kappa shape index (κ2) is 6.01. The van der Waals surface area contributed by atoms with E-state index in [1.165, 1.54) is 32.1 Å². The maximum atomic E-state index is 3.35. The molecule has 2 aliphatic rings. The van der Waals surface area contributed by atoms with Crippen molar-refractivity contribution < 1.29 is 0 Å². The van der Waals surface area contributed by atoms with Crippen LogP contribution < -0.4 is 5.32 Å².